The van der Waals surface area contributed by atoms with Gasteiger partial charge in [0.05, 0.1) is 11.3 Å². The third-order valence-corrected chi connectivity index (χ3v) is 1.21. The maximum Gasteiger partial charge on any atom is 0.335 e. The Hall–Kier alpha value is -1.42. The van der Waals surface area contributed by atoms with Crippen molar-refractivity contribution in [1.82, 2.24) is 4.98 Å². The second kappa shape index (κ2) is 3.12. The lowest BCUT2D eigenvalue weighted by molar-refractivity contribution is 0.0696. The zero-order valence-corrected chi connectivity index (χ0v) is 5.65. The molecule has 0 bridgehead atoms. The Morgan fingerprint density at radius 1 is 1.64 bits per heavy atom. The topological polar surface area (TPSA) is 70.1 Å². The molecule has 1 heterocycles. The van der Waals surface area contributed by atoms with E-state index in [0.717, 1.165) is 0 Å². The van der Waals surface area contributed by atoms with Crippen molar-refractivity contribution >= 4 is 5.97 Å². The van der Waals surface area contributed by atoms with Crippen LogP contribution < -0.4 is 0 Å². The summed E-state index contributed by atoms with van der Waals surface area (Å²) in [5, 5.41) is 18.7. The van der Waals surface area contributed by atoms with Crippen molar-refractivity contribution in [3.05, 3.63) is 29.6 Å². The van der Waals surface area contributed by atoms with Gasteiger partial charge in [0.2, 0.25) is 0 Å². The Morgan fingerprint density at radius 2 is 2.36 bits per heavy atom. The summed E-state index contributed by atoms with van der Waals surface area (Å²) in [5.74, 6) is -1.04. The van der Waals surface area contributed by atoms with E-state index in [-0.39, 0.29) is 11.3 Å². The van der Waals surface area contributed by atoms with Crippen LogP contribution in [-0.2, 0) is 11.7 Å². The van der Waals surface area contributed by atoms with E-state index in [1.54, 1.807) is 0 Å². The van der Waals surface area contributed by atoms with Gasteiger partial charge in [-0.2, -0.15) is 0 Å². The highest BCUT2D eigenvalue weighted by molar-refractivity contribution is 5.87. The van der Waals surface area contributed by atoms with Gasteiger partial charge in [-0.1, -0.05) is 0 Å². The fourth-order valence-corrected chi connectivity index (χ4v) is 0.690. The lowest BCUT2D eigenvalue weighted by Crippen LogP contribution is -1.98. The molecule has 0 aromatic carbocycles. The molecular formula is C7H6NO3. The normalized spacial score (nSPS) is 9.55. The highest BCUT2D eigenvalue weighted by atomic mass is 16.4. The zero-order chi connectivity index (χ0) is 8.27. The Kier molecular flexibility index (Phi) is 2.18. The molecule has 57 valence electrons. The largest absolute Gasteiger partial charge is 0.478 e. The van der Waals surface area contributed by atoms with Crippen molar-refractivity contribution < 1.29 is 15.0 Å². The minimum absolute atomic E-state index is 0.103. The molecule has 0 atom stereocenters. The first kappa shape index (κ1) is 7.68. The molecule has 1 rings (SSSR count). The van der Waals surface area contributed by atoms with Gasteiger partial charge in [-0.3, -0.25) is 4.98 Å². The van der Waals surface area contributed by atoms with Crippen molar-refractivity contribution in [2.75, 3.05) is 0 Å². The predicted molar refractivity (Wildman–Crippen MR) is 35.6 cm³/mol. The summed E-state index contributed by atoms with van der Waals surface area (Å²) >= 11 is 0. The fourth-order valence-electron chi connectivity index (χ4n) is 0.690. The van der Waals surface area contributed by atoms with E-state index in [0.29, 0.717) is 0 Å². The molecule has 0 aliphatic heterocycles. The van der Waals surface area contributed by atoms with E-state index in [9.17, 15) is 9.90 Å². The molecule has 11 heavy (non-hydrogen) atoms. The number of aromatic carboxylic acids is 1. The van der Waals surface area contributed by atoms with Gasteiger partial charge in [0.1, 0.15) is 6.61 Å². The van der Waals surface area contributed by atoms with Crippen LogP contribution in [0.3, 0.4) is 0 Å². The SMILES string of the molecule is [O]Cc1cc(C(=O)O)ccn1. The molecule has 0 saturated carbocycles. The van der Waals surface area contributed by atoms with Gasteiger partial charge in [-0.05, 0) is 12.1 Å². The highest BCUT2D eigenvalue weighted by Crippen LogP contribution is 2.01. The van der Waals surface area contributed by atoms with Crippen molar-refractivity contribution in [2.45, 2.75) is 6.61 Å². The van der Waals surface area contributed by atoms with Gasteiger partial charge in [-0.25, -0.2) is 9.90 Å². The fraction of sp³-hybridized carbons (Fsp3) is 0.143. The number of pyridine rings is 1. The summed E-state index contributed by atoms with van der Waals surface area (Å²) in [6.07, 6.45) is 1.32. The molecule has 1 N–H and O–H groups in total. The van der Waals surface area contributed by atoms with Gasteiger partial charge in [0.15, 0.2) is 0 Å². The Bertz CT molecular complexity index is 272. The first-order valence-electron chi connectivity index (χ1n) is 3.00. The minimum atomic E-state index is -1.04. The molecule has 0 saturated heterocycles. The Labute approximate surface area is 63.1 Å². The van der Waals surface area contributed by atoms with Crippen LogP contribution in [0.15, 0.2) is 18.3 Å². The van der Waals surface area contributed by atoms with Crippen LogP contribution in [-0.4, -0.2) is 16.1 Å². The maximum atomic E-state index is 10.3. The number of carboxylic acids is 1. The smallest absolute Gasteiger partial charge is 0.335 e. The second-order valence-corrected chi connectivity index (χ2v) is 1.99. The molecule has 4 heteroatoms. The van der Waals surface area contributed by atoms with E-state index in [1.165, 1.54) is 18.3 Å². The molecule has 0 aliphatic rings. The molecule has 1 radical (unpaired) electrons. The number of aromatic nitrogens is 1. The number of nitrogens with zero attached hydrogens (tertiary/aromatic N) is 1. The molecule has 4 nitrogen and oxygen atoms in total. The third kappa shape index (κ3) is 1.75. The van der Waals surface area contributed by atoms with Crippen LogP contribution in [0.25, 0.3) is 0 Å². The Morgan fingerprint density at radius 3 is 2.91 bits per heavy atom. The average molecular weight is 152 g/mol. The van der Waals surface area contributed by atoms with Crippen LogP contribution in [0.4, 0.5) is 0 Å². The van der Waals surface area contributed by atoms with Crippen LogP contribution in [0.2, 0.25) is 0 Å². The minimum Gasteiger partial charge on any atom is -0.478 e. The molecule has 0 spiro atoms. The predicted octanol–water partition coefficient (Wildman–Crippen LogP) is 0.710. The summed E-state index contributed by atoms with van der Waals surface area (Å²) < 4.78 is 0. The van der Waals surface area contributed by atoms with Crippen LogP contribution in [0.1, 0.15) is 16.1 Å². The van der Waals surface area contributed by atoms with Crippen LogP contribution >= 0.6 is 0 Å². The molecular weight excluding hydrogens is 146 g/mol. The lowest BCUT2D eigenvalue weighted by Gasteiger charge is -1.94. The summed E-state index contributed by atoms with van der Waals surface area (Å²) in [5.41, 5.74) is 0.357. The van der Waals surface area contributed by atoms with Gasteiger partial charge >= 0.3 is 5.97 Å². The number of hydrogen-bond acceptors (Lipinski definition) is 2. The van der Waals surface area contributed by atoms with Crippen LogP contribution in [0, 0.1) is 0 Å². The van der Waals surface area contributed by atoms with E-state index in [2.05, 4.69) is 4.98 Å². The standard InChI is InChI=1S/C7H6NO3/c9-4-6-3-5(7(10)11)1-2-8-6/h1-3H,4H2,(H,10,11). The van der Waals surface area contributed by atoms with Crippen molar-refractivity contribution in [3.63, 3.8) is 0 Å². The molecule has 0 unspecified atom stereocenters. The maximum absolute atomic E-state index is 10.3. The number of hydrogen-bond donors (Lipinski definition) is 1. The molecule has 1 aromatic heterocycles. The van der Waals surface area contributed by atoms with Crippen LogP contribution in [0.5, 0.6) is 0 Å². The monoisotopic (exact) mass is 152 g/mol. The lowest BCUT2D eigenvalue weighted by atomic mass is 10.2. The highest BCUT2D eigenvalue weighted by Gasteiger charge is 2.02. The van der Waals surface area contributed by atoms with Gasteiger partial charge < -0.3 is 5.11 Å². The summed E-state index contributed by atoms with van der Waals surface area (Å²) in [4.78, 5) is 14.0. The van der Waals surface area contributed by atoms with E-state index >= 15 is 0 Å². The summed E-state index contributed by atoms with van der Waals surface area (Å²) in [6.45, 7) is -0.485. The number of rotatable bonds is 2. The molecule has 0 aliphatic carbocycles. The summed E-state index contributed by atoms with van der Waals surface area (Å²) in [7, 11) is 0. The second-order valence-electron chi connectivity index (χ2n) is 1.99. The molecule has 0 fully saturated rings. The van der Waals surface area contributed by atoms with E-state index in [4.69, 9.17) is 5.11 Å². The molecule has 1 aromatic rings. The molecule has 0 amide bonds. The number of carboxylic acid groups (broad SMARTS) is 1. The van der Waals surface area contributed by atoms with Crippen molar-refractivity contribution in [1.29, 1.82) is 0 Å². The average Bonchev–Trinajstić information content (AvgIpc) is 2.05. The summed E-state index contributed by atoms with van der Waals surface area (Å²) in [6, 6.07) is 2.62. The quantitative estimate of drug-likeness (QED) is 0.678. The third-order valence-electron chi connectivity index (χ3n) is 1.21. The van der Waals surface area contributed by atoms with E-state index in [1.807, 2.05) is 0 Å². The first-order valence-corrected chi connectivity index (χ1v) is 3.00. The first-order chi connectivity index (χ1) is 5.24. The van der Waals surface area contributed by atoms with Gasteiger partial charge in [-0.15, -0.1) is 0 Å². The van der Waals surface area contributed by atoms with Crippen molar-refractivity contribution in [2.24, 2.45) is 0 Å². The van der Waals surface area contributed by atoms with Gasteiger partial charge in [0.25, 0.3) is 0 Å². The Balaban J connectivity index is 3.01. The zero-order valence-electron chi connectivity index (χ0n) is 5.65. The number of carbonyl (C=O) groups is 1. The van der Waals surface area contributed by atoms with Crippen molar-refractivity contribution in [3.8, 4) is 0 Å². The van der Waals surface area contributed by atoms with E-state index < -0.39 is 12.6 Å². The van der Waals surface area contributed by atoms with Gasteiger partial charge in [0, 0.05) is 6.20 Å².